The summed E-state index contributed by atoms with van der Waals surface area (Å²) in [6, 6.07) is 15.3. The summed E-state index contributed by atoms with van der Waals surface area (Å²) in [4.78, 5) is 10.6. The highest BCUT2D eigenvalue weighted by Crippen LogP contribution is 2.23. The normalized spacial score (nSPS) is 11.0. The van der Waals surface area contributed by atoms with Gasteiger partial charge in [-0.3, -0.25) is 10.1 Å². The topological polar surface area (TPSA) is 127 Å². The van der Waals surface area contributed by atoms with Crippen molar-refractivity contribution in [2.75, 3.05) is 10.6 Å². The van der Waals surface area contributed by atoms with Crippen molar-refractivity contribution in [1.82, 2.24) is 4.72 Å². The van der Waals surface area contributed by atoms with Crippen LogP contribution in [0.2, 0.25) is 0 Å². The Bertz CT molecular complexity index is 1110. The molecule has 1 heterocycles. The molecule has 0 radical (unpaired) electrons. The van der Waals surface area contributed by atoms with Crippen LogP contribution in [0.4, 0.5) is 17.1 Å². The van der Waals surface area contributed by atoms with Crippen LogP contribution in [0.3, 0.4) is 0 Å². The molecule has 29 heavy (non-hydrogen) atoms. The summed E-state index contributed by atoms with van der Waals surface area (Å²) in [6.07, 6.45) is 1.46. The van der Waals surface area contributed by atoms with Crippen LogP contribution >= 0.6 is 12.2 Å². The Morgan fingerprint density at radius 2 is 1.76 bits per heavy atom. The number of nitro benzene ring substituents is 1. The van der Waals surface area contributed by atoms with Crippen LogP contribution in [0, 0.1) is 10.1 Å². The van der Waals surface area contributed by atoms with Crippen molar-refractivity contribution in [2.45, 2.75) is 11.4 Å². The number of hydrogen-bond donors (Lipinski definition) is 3. The fourth-order valence-electron chi connectivity index (χ4n) is 2.40. The van der Waals surface area contributed by atoms with Crippen LogP contribution in [0.1, 0.15) is 5.76 Å². The fourth-order valence-corrected chi connectivity index (χ4v) is 3.62. The van der Waals surface area contributed by atoms with E-state index in [-0.39, 0.29) is 27.9 Å². The van der Waals surface area contributed by atoms with E-state index in [9.17, 15) is 18.5 Å². The van der Waals surface area contributed by atoms with Crippen molar-refractivity contribution in [3.05, 3.63) is 82.8 Å². The predicted molar refractivity (Wildman–Crippen MR) is 112 cm³/mol. The van der Waals surface area contributed by atoms with Crippen LogP contribution in [0.25, 0.3) is 0 Å². The zero-order valence-electron chi connectivity index (χ0n) is 14.9. The highest BCUT2D eigenvalue weighted by atomic mass is 32.2. The van der Waals surface area contributed by atoms with E-state index in [0.717, 1.165) is 0 Å². The summed E-state index contributed by atoms with van der Waals surface area (Å²) in [5.74, 6) is 0.498. The first kappa shape index (κ1) is 20.5. The molecule has 0 aliphatic heterocycles. The van der Waals surface area contributed by atoms with Gasteiger partial charge in [-0.15, -0.1) is 0 Å². The monoisotopic (exact) mass is 432 g/mol. The number of nitrogens with one attached hydrogen (secondary N) is 3. The third-order valence-electron chi connectivity index (χ3n) is 3.79. The SMILES string of the molecule is O=[N+]([O-])c1ccccc1NC(=S)Nc1ccc(S(=O)(=O)NCc2ccco2)cc1. The maximum Gasteiger partial charge on any atom is 0.292 e. The first-order valence-electron chi connectivity index (χ1n) is 8.29. The zero-order chi connectivity index (χ0) is 20.9. The smallest absolute Gasteiger partial charge is 0.292 e. The van der Waals surface area contributed by atoms with Gasteiger partial charge in [0, 0.05) is 11.8 Å². The molecule has 11 heteroatoms. The number of hydrogen-bond acceptors (Lipinski definition) is 6. The van der Waals surface area contributed by atoms with Gasteiger partial charge in [0.05, 0.1) is 22.6 Å². The molecule has 150 valence electrons. The molecule has 0 unspecified atom stereocenters. The molecule has 9 nitrogen and oxygen atoms in total. The summed E-state index contributed by atoms with van der Waals surface area (Å²) in [5.41, 5.74) is 0.656. The number of sulfonamides is 1. The van der Waals surface area contributed by atoms with Gasteiger partial charge in [-0.1, -0.05) is 12.1 Å². The quantitative estimate of drug-likeness (QED) is 0.294. The average molecular weight is 432 g/mol. The van der Waals surface area contributed by atoms with E-state index in [2.05, 4.69) is 15.4 Å². The van der Waals surface area contributed by atoms with Crippen molar-refractivity contribution < 1.29 is 17.8 Å². The number of thiocarbonyl (C=S) groups is 1. The fraction of sp³-hybridized carbons (Fsp3) is 0.0556. The number of benzene rings is 2. The molecule has 0 atom stereocenters. The number of para-hydroxylation sites is 2. The van der Waals surface area contributed by atoms with Crippen LogP contribution in [0.15, 0.2) is 76.2 Å². The Labute approximate surface area is 171 Å². The van der Waals surface area contributed by atoms with Crippen molar-refractivity contribution in [1.29, 1.82) is 0 Å². The van der Waals surface area contributed by atoms with Crippen molar-refractivity contribution in [3.63, 3.8) is 0 Å². The molecule has 0 bridgehead atoms. The second-order valence-corrected chi connectivity index (χ2v) is 7.96. The first-order chi connectivity index (χ1) is 13.8. The Hall–Kier alpha value is -3.28. The van der Waals surface area contributed by atoms with Gasteiger partial charge in [-0.25, -0.2) is 13.1 Å². The zero-order valence-corrected chi connectivity index (χ0v) is 16.5. The van der Waals surface area contributed by atoms with Gasteiger partial charge in [0.15, 0.2) is 5.11 Å². The molecule has 3 aromatic rings. The van der Waals surface area contributed by atoms with Gasteiger partial charge in [0.2, 0.25) is 10.0 Å². The number of rotatable bonds is 7. The van der Waals surface area contributed by atoms with E-state index in [1.807, 2.05) is 0 Å². The Balaban J connectivity index is 1.63. The van der Waals surface area contributed by atoms with Gasteiger partial charge in [-0.2, -0.15) is 0 Å². The lowest BCUT2D eigenvalue weighted by Gasteiger charge is -2.11. The number of furan rings is 1. The highest BCUT2D eigenvalue weighted by molar-refractivity contribution is 7.89. The minimum Gasteiger partial charge on any atom is -0.468 e. The molecular formula is C18H16N4O5S2. The molecule has 0 aliphatic rings. The van der Waals surface area contributed by atoms with Gasteiger partial charge in [0.25, 0.3) is 5.69 Å². The molecule has 0 aliphatic carbocycles. The van der Waals surface area contributed by atoms with Crippen molar-refractivity contribution in [3.8, 4) is 0 Å². The third kappa shape index (κ3) is 5.38. The maximum atomic E-state index is 12.3. The van der Waals surface area contributed by atoms with Gasteiger partial charge < -0.3 is 15.1 Å². The number of anilines is 2. The van der Waals surface area contributed by atoms with Gasteiger partial charge >= 0.3 is 0 Å². The highest BCUT2D eigenvalue weighted by Gasteiger charge is 2.15. The van der Waals surface area contributed by atoms with E-state index in [0.29, 0.717) is 11.4 Å². The molecule has 0 saturated heterocycles. The summed E-state index contributed by atoms with van der Waals surface area (Å²) in [7, 11) is -3.71. The molecule has 1 aromatic heterocycles. The first-order valence-corrected chi connectivity index (χ1v) is 10.2. The summed E-state index contributed by atoms with van der Waals surface area (Å²) >= 11 is 5.17. The third-order valence-corrected chi connectivity index (χ3v) is 5.41. The largest absolute Gasteiger partial charge is 0.468 e. The summed E-state index contributed by atoms with van der Waals surface area (Å²) in [5, 5.41) is 16.8. The van der Waals surface area contributed by atoms with Crippen LogP contribution < -0.4 is 15.4 Å². The Kier molecular flexibility index (Phi) is 6.22. The number of nitro groups is 1. The molecule has 0 spiro atoms. The maximum absolute atomic E-state index is 12.3. The minimum atomic E-state index is -3.71. The second-order valence-electron chi connectivity index (χ2n) is 5.78. The summed E-state index contributed by atoms with van der Waals surface area (Å²) in [6.45, 7) is 0.0409. The van der Waals surface area contributed by atoms with E-state index in [1.54, 1.807) is 24.3 Å². The van der Waals surface area contributed by atoms with Gasteiger partial charge in [0.1, 0.15) is 11.4 Å². The lowest BCUT2D eigenvalue weighted by atomic mass is 10.3. The van der Waals surface area contributed by atoms with Crippen LogP contribution in [-0.2, 0) is 16.6 Å². The Morgan fingerprint density at radius 1 is 1.03 bits per heavy atom. The molecule has 3 N–H and O–H groups in total. The Morgan fingerprint density at radius 3 is 2.41 bits per heavy atom. The lowest BCUT2D eigenvalue weighted by Crippen LogP contribution is -2.23. The van der Waals surface area contributed by atoms with E-state index < -0.39 is 14.9 Å². The average Bonchev–Trinajstić information content (AvgIpc) is 3.21. The predicted octanol–water partition coefficient (Wildman–Crippen LogP) is 3.48. The number of nitrogens with zero attached hydrogens (tertiary/aromatic N) is 1. The minimum absolute atomic E-state index is 0.0409. The van der Waals surface area contributed by atoms with Crippen LogP contribution in [0.5, 0.6) is 0 Å². The molecule has 0 saturated carbocycles. The van der Waals surface area contributed by atoms with Crippen LogP contribution in [-0.4, -0.2) is 18.5 Å². The molecule has 2 aromatic carbocycles. The molecular weight excluding hydrogens is 416 g/mol. The van der Waals surface area contributed by atoms with Crippen molar-refractivity contribution in [2.24, 2.45) is 0 Å². The van der Waals surface area contributed by atoms with E-state index in [1.165, 1.54) is 42.7 Å². The molecule has 3 rings (SSSR count). The standard InChI is InChI=1S/C18H16N4O5S2/c23-22(24)17-6-2-1-5-16(17)21-18(28)20-13-7-9-15(10-8-13)29(25,26)19-12-14-4-3-11-27-14/h1-11,19H,12H2,(H2,20,21,28). The second kappa shape index (κ2) is 8.82. The van der Waals surface area contributed by atoms with E-state index in [4.69, 9.17) is 16.6 Å². The molecule has 0 amide bonds. The van der Waals surface area contributed by atoms with Gasteiger partial charge in [-0.05, 0) is 54.7 Å². The molecule has 0 fully saturated rings. The van der Waals surface area contributed by atoms with E-state index >= 15 is 0 Å². The lowest BCUT2D eigenvalue weighted by molar-refractivity contribution is -0.383. The summed E-state index contributed by atoms with van der Waals surface area (Å²) < 4.78 is 32.2. The van der Waals surface area contributed by atoms with Crippen molar-refractivity contribution >= 4 is 44.4 Å².